The van der Waals surface area contributed by atoms with Crippen molar-refractivity contribution < 1.29 is 9.47 Å². The molecule has 0 amide bonds. The summed E-state index contributed by atoms with van der Waals surface area (Å²) >= 11 is 0. The van der Waals surface area contributed by atoms with Crippen molar-refractivity contribution >= 4 is 0 Å². The second-order valence-electron chi connectivity index (χ2n) is 6.60. The molecule has 0 aromatic heterocycles. The molecule has 0 bridgehead atoms. The molecule has 0 radical (unpaired) electrons. The van der Waals surface area contributed by atoms with Crippen LogP contribution in [-0.4, -0.2) is 25.9 Å². The number of ether oxygens (including phenoxy) is 2. The molecule has 0 heterocycles. The van der Waals surface area contributed by atoms with Gasteiger partial charge in [-0.1, -0.05) is 70.4 Å². The zero-order valence-electron chi connectivity index (χ0n) is 16.3. The van der Waals surface area contributed by atoms with Gasteiger partial charge in [0.1, 0.15) is 0 Å². The Morgan fingerprint density at radius 2 is 1.35 bits per heavy atom. The SMILES string of the molecule is CCCCCCCCCCCC=CCCC(OC)C(C)OCC. The zero-order valence-corrected chi connectivity index (χ0v) is 16.3. The molecule has 0 N–H and O–H groups in total. The van der Waals surface area contributed by atoms with E-state index in [9.17, 15) is 0 Å². The summed E-state index contributed by atoms with van der Waals surface area (Å²) in [6.45, 7) is 7.18. The Labute approximate surface area is 146 Å². The van der Waals surface area contributed by atoms with E-state index in [0.29, 0.717) is 0 Å². The van der Waals surface area contributed by atoms with Gasteiger partial charge in [0.25, 0.3) is 0 Å². The first-order valence-corrected chi connectivity index (χ1v) is 10.1. The van der Waals surface area contributed by atoms with Crippen LogP contribution in [0, 0.1) is 0 Å². The van der Waals surface area contributed by atoms with Gasteiger partial charge in [-0.05, 0) is 39.5 Å². The van der Waals surface area contributed by atoms with Crippen LogP contribution in [0.1, 0.15) is 97.8 Å². The summed E-state index contributed by atoms with van der Waals surface area (Å²) in [5.74, 6) is 0. The quantitative estimate of drug-likeness (QED) is 0.219. The third kappa shape index (κ3) is 15.0. The number of methoxy groups -OCH3 is 1. The Hall–Kier alpha value is -0.340. The average molecular weight is 327 g/mol. The van der Waals surface area contributed by atoms with Gasteiger partial charge in [0, 0.05) is 13.7 Å². The molecule has 0 aliphatic rings. The number of allylic oxidation sites excluding steroid dienone is 2. The van der Waals surface area contributed by atoms with Crippen molar-refractivity contribution in [3.63, 3.8) is 0 Å². The van der Waals surface area contributed by atoms with E-state index in [1.54, 1.807) is 7.11 Å². The van der Waals surface area contributed by atoms with Crippen LogP contribution < -0.4 is 0 Å². The lowest BCUT2D eigenvalue weighted by atomic mass is 10.1. The highest BCUT2D eigenvalue weighted by molar-refractivity contribution is 4.83. The number of unbranched alkanes of at least 4 members (excludes halogenated alkanes) is 9. The first-order valence-electron chi connectivity index (χ1n) is 10.1. The van der Waals surface area contributed by atoms with E-state index in [1.165, 1.54) is 64.2 Å². The predicted molar refractivity (Wildman–Crippen MR) is 102 cm³/mol. The normalized spacial score (nSPS) is 14.4. The van der Waals surface area contributed by atoms with Crippen LogP contribution >= 0.6 is 0 Å². The molecule has 0 aromatic rings. The maximum Gasteiger partial charge on any atom is 0.0833 e. The Morgan fingerprint density at radius 3 is 1.91 bits per heavy atom. The maximum atomic E-state index is 5.61. The van der Waals surface area contributed by atoms with Crippen molar-refractivity contribution in [2.24, 2.45) is 0 Å². The minimum Gasteiger partial charge on any atom is -0.379 e. The topological polar surface area (TPSA) is 18.5 Å². The van der Waals surface area contributed by atoms with Gasteiger partial charge in [-0.3, -0.25) is 0 Å². The van der Waals surface area contributed by atoms with E-state index in [1.807, 2.05) is 6.92 Å². The van der Waals surface area contributed by atoms with Gasteiger partial charge < -0.3 is 9.47 Å². The zero-order chi connectivity index (χ0) is 17.2. The van der Waals surface area contributed by atoms with Gasteiger partial charge in [-0.25, -0.2) is 0 Å². The van der Waals surface area contributed by atoms with Crippen LogP contribution in [0.3, 0.4) is 0 Å². The van der Waals surface area contributed by atoms with Gasteiger partial charge in [0.15, 0.2) is 0 Å². The smallest absolute Gasteiger partial charge is 0.0833 e. The average Bonchev–Trinajstić information content (AvgIpc) is 2.55. The molecule has 0 rings (SSSR count). The molecule has 138 valence electrons. The fourth-order valence-electron chi connectivity index (χ4n) is 2.98. The minimum absolute atomic E-state index is 0.190. The molecule has 2 atom stereocenters. The second-order valence-corrected chi connectivity index (χ2v) is 6.60. The highest BCUT2D eigenvalue weighted by Gasteiger charge is 2.15. The molecule has 0 aliphatic heterocycles. The van der Waals surface area contributed by atoms with Crippen LogP contribution in [-0.2, 0) is 9.47 Å². The largest absolute Gasteiger partial charge is 0.379 e. The summed E-state index contributed by atoms with van der Waals surface area (Å²) in [6.07, 6.45) is 21.1. The van der Waals surface area contributed by atoms with Crippen molar-refractivity contribution in [2.45, 2.75) is 110 Å². The Kier molecular flexibility index (Phi) is 17.7. The summed E-state index contributed by atoms with van der Waals surface area (Å²) < 4.78 is 11.1. The Morgan fingerprint density at radius 1 is 0.783 bits per heavy atom. The number of hydrogen-bond acceptors (Lipinski definition) is 2. The van der Waals surface area contributed by atoms with Gasteiger partial charge in [-0.2, -0.15) is 0 Å². The van der Waals surface area contributed by atoms with Gasteiger partial charge >= 0.3 is 0 Å². The first-order chi connectivity index (χ1) is 11.3. The Balaban J connectivity index is 3.40. The molecule has 0 fully saturated rings. The van der Waals surface area contributed by atoms with E-state index in [0.717, 1.165) is 19.4 Å². The highest BCUT2D eigenvalue weighted by atomic mass is 16.5. The summed E-state index contributed by atoms with van der Waals surface area (Å²) in [5.41, 5.74) is 0. The maximum absolute atomic E-state index is 5.61. The van der Waals surface area contributed by atoms with E-state index < -0.39 is 0 Å². The molecule has 0 aliphatic carbocycles. The molecular weight excluding hydrogens is 284 g/mol. The predicted octanol–water partition coefficient (Wildman–Crippen LogP) is 6.68. The summed E-state index contributed by atoms with van der Waals surface area (Å²) in [4.78, 5) is 0. The van der Waals surface area contributed by atoms with E-state index in [2.05, 4.69) is 26.0 Å². The highest BCUT2D eigenvalue weighted by Crippen LogP contribution is 2.12. The molecule has 23 heavy (non-hydrogen) atoms. The fourth-order valence-corrected chi connectivity index (χ4v) is 2.98. The first kappa shape index (κ1) is 22.7. The summed E-state index contributed by atoms with van der Waals surface area (Å²) in [7, 11) is 1.78. The van der Waals surface area contributed by atoms with Gasteiger partial charge in [0.2, 0.25) is 0 Å². The van der Waals surface area contributed by atoms with Crippen LogP contribution in [0.5, 0.6) is 0 Å². The molecule has 2 nitrogen and oxygen atoms in total. The van der Waals surface area contributed by atoms with Crippen molar-refractivity contribution in [3.8, 4) is 0 Å². The lowest BCUT2D eigenvalue weighted by molar-refractivity contribution is -0.0456. The molecule has 0 aromatic carbocycles. The number of hydrogen-bond donors (Lipinski definition) is 0. The monoisotopic (exact) mass is 326 g/mol. The summed E-state index contributed by atoms with van der Waals surface area (Å²) in [6, 6.07) is 0. The van der Waals surface area contributed by atoms with E-state index in [4.69, 9.17) is 9.47 Å². The van der Waals surface area contributed by atoms with Gasteiger partial charge in [0.05, 0.1) is 12.2 Å². The van der Waals surface area contributed by atoms with Crippen molar-refractivity contribution in [2.75, 3.05) is 13.7 Å². The minimum atomic E-state index is 0.190. The molecule has 0 saturated carbocycles. The molecule has 0 saturated heterocycles. The molecule has 2 heteroatoms. The van der Waals surface area contributed by atoms with E-state index in [-0.39, 0.29) is 12.2 Å². The van der Waals surface area contributed by atoms with Crippen molar-refractivity contribution in [3.05, 3.63) is 12.2 Å². The second kappa shape index (κ2) is 18.0. The summed E-state index contributed by atoms with van der Waals surface area (Å²) in [5, 5.41) is 0. The van der Waals surface area contributed by atoms with Crippen molar-refractivity contribution in [1.29, 1.82) is 0 Å². The van der Waals surface area contributed by atoms with Crippen LogP contribution in [0.4, 0.5) is 0 Å². The van der Waals surface area contributed by atoms with Gasteiger partial charge in [-0.15, -0.1) is 0 Å². The van der Waals surface area contributed by atoms with Crippen LogP contribution in [0.15, 0.2) is 12.2 Å². The third-order valence-corrected chi connectivity index (χ3v) is 4.51. The van der Waals surface area contributed by atoms with Crippen molar-refractivity contribution in [1.82, 2.24) is 0 Å². The molecule has 0 spiro atoms. The molecular formula is C21H42O2. The number of rotatable bonds is 17. The standard InChI is InChI=1S/C21H42O2/c1-5-7-8-9-10-11-12-13-14-15-16-17-18-19-21(22-4)20(3)23-6-2/h16-17,20-21H,5-15,18-19H2,1-4H3. The van der Waals surface area contributed by atoms with Crippen LogP contribution in [0.25, 0.3) is 0 Å². The molecule has 2 unspecified atom stereocenters. The van der Waals surface area contributed by atoms with E-state index >= 15 is 0 Å². The third-order valence-electron chi connectivity index (χ3n) is 4.51. The van der Waals surface area contributed by atoms with Crippen LogP contribution in [0.2, 0.25) is 0 Å². The lowest BCUT2D eigenvalue weighted by Gasteiger charge is -2.21. The lowest BCUT2D eigenvalue weighted by Crippen LogP contribution is -2.27. The Bertz CT molecular complexity index is 250. The fraction of sp³-hybridized carbons (Fsp3) is 0.905.